The number of allylic oxidation sites excluding steroid dienone is 1. The summed E-state index contributed by atoms with van der Waals surface area (Å²) < 4.78 is 10.6. The van der Waals surface area contributed by atoms with Gasteiger partial charge in [-0.25, -0.2) is 0 Å². The van der Waals surface area contributed by atoms with Crippen molar-refractivity contribution in [2.24, 2.45) is 0 Å². The molecule has 0 spiro atoms. The van der Waals surface area contributed by atoms with Crippen molar-refractivity contribution in [3.05, 3.63) is 87.6 Å². The van der Waals surface area contributed by atoms with Gasteiger partial charge >= 0.3 is 0 Å². The van der Waals surface area contributed by atoms with E-state index >= 15 is 0 Å². The molecule has 0 fully saturated rings. The Kier molecular flexibility index (Phi) is 5.77. The Balaban J connectivity index is 1.39. The molecule has 1 N–H and O–H groups in total. The Hall–Kier alpha value is -3.64. The first kappa shape index (κ1) is 19.7. The molecule has 6 heteroatoms. The third-order valence-corrected chi connectivity index (χ3v) is 5.36. The Morgan fingerprint density at radius 1 is 0.967 bits per heavy atom. The predicted octanol–water partition coefficient (Wildman–Crippen LogP) is 5.33. The van der Waals surface area contributed by atoms with Crippen LogP contribution in [0.15, 0.2) is 66.7 Å². The highest BCUT2D eigenvalue weighted by molar-refractivity contribution is 7.12. The zero-order chi connectivity index (χ0) is 20.9. The lowest BCUT2D eigenvalue weighted by Gasteiger charge is -2.04. The fourth-order valence-electron chi connectivity index (χ4n) is 2.92. The number of amides is 1. The fraction of sp³-hybridized carbons (Fsp3) is 0.0833. The number of thiophene rings is 1. The SMILES string of the molecule is Cc1ccc(/C=C/C(=O)c2cccc(NC(=O)/C=C/c3ccc4c(c3)OCO4)c2)s1. The molecule has 1 aromatic heterocycles. The number of anilines is 1. The van der Waals surface area contributed by atoms with E-state index in [-0.39, 0.29) is 18.5 Å². The van der Waals surface area contributed by atoms with Gasteiger partial charge in [0, 0.05) is 27.1 Å². The largest absolute Gasteiger partial charge is 0.454 e. The van der Waals surface area contributed by atoms with E-state index in [1.165, 1.54) is 11.0 Å². The molecule has 0 atom stereocenters. The van der Waals surface area contributed by atoms with Crippen LogP contribution in [-0.4, -0.2) is 18.5 Å². The molecule has 0 saturated carbocycles. The van der Waals surface area contributed by atoms with E-state index in [4.69, 9.17) is 9.47 Å². The van der Waals surface area contributed by atoms with Crippen LogP contribution in [0, 0.1) is 6.92 Å². The monoisotopic (exact) mass is 417 g/mol. The highest BCUT2D eigenvalue weighted by Crippen LogP contribution is 2.32. The van der Waals surface area contributed by atoms with E-state index in [0.29, 0.717) is 22.7 Å². The van der Waals surface area contributed by atoms with Crippen LogP contribution >= 0.6 is 11.3 Å². The van der Waals surface area contributed by atoms with E-state index in [9.17, 15) is 9.59 Å². The second-order valence-electron chi connectivity index (χ2n) is 6.66. The first-order chi connectivity index (χ1) is 14.6. The molecule has 4 rings (SSSR count). The van der Waals surface area contributed by atoms with Gasteiger partial charge in [0.1, 0.15) is 0 Å². The van der Waals surface area contributed by atoms with Gasteiger partial charge < -0.3 is 14.8 Å². The Bertz CT molecular complexity index is 1160. The molecule has 1 amide bonds. The third-order valence-electron chi connectivity index (χ3n) is 4.40. The van der Waals surface area contributed by atoms with Crippen molar-refractivity contribution in [1.29, 1.82) is 0 Å². The number of fused-ring (bicyclic) bond motifs is 1. The van der Waals surface area contributed by atoms with Gasteiger partial charge in [0.15, 0.2) is 17.3 Å². The Morgan fingerprint density at radius 3 is 2.67 bits per heavy atom. The number of nitrogens with one attached hydrogen (secondary N) is 1. The van der Waals surface area contributed by atoms with Gasteiger partial charge in [-0.3, -0.25) is 9.59 Å². The average Bonchev–Trinajstić information content (AvgIpc) is 3.38. The lowest BCUT2D eigenvalue weighted by molar-refractivity contribution is -0.111. The van der Waals surface area contributed by atoms with Crippen molar-refractivity contribution >= 4 is 40.9 Å². The number of ether oxygens (including phenoxy) is 2. The van der Waals surface area contributed by atoms with Gasteiger partial charge in [-0.1, -0.05) is 18.2 Å². The minimum atomic E-state index is -0.290. The normalized spacial score (nSPS) is 12.6. The van der Waals surface area contributed by atoms with Crippen molar-refractivity contribution in [2.75, 3.05) is 12.1 Å². The molecule has 0 bridgehead atoms. The van der Waals surface area contributed by atoms with Crippen LogP contribution in [0.2, 0.25) is 0 Å². The van der Waals surface area contributed by atoms with Gasteiger partial charge in [0.25, 0.3) is 0 Å². The van der Waals surface area contributed by atoms with Crippen molar-refractivity contribution < 1.29 is 19.1 Å². The quantitative estimate of drug-likeness (QED) is 0.435. The summed E-state index contributed by atoms with van der Waals surface area (Å²) >= 11 is 1.63. The van der Waals surface area contributed by atoms with Crippen molar-refractivity contribution in [1.82, 2.24) is 0 Å². The van der Waals surface area contributed by atoms with Crippen molar-refractivity contribution in [3.8, 4) is 11.5 Å². The molecule has 0 radical (unpaired) electrons. The second-order valence-corrected chi connectivity index (χ2v) is 7.98. The molecular formula is C24H19NO4S. The average molecular weight is 417 g/mol. The van der Waals surface area contributed by atoms with E-state index < -0.39 is 0 Å². The number of hydrogen-bond acceptors (Lipinski definition) is 5. The first-order valence-electron chi connectivity index (χ1n) is 9.34. The maximum absolute atomic E-state index is 12.4. The maximum atomic E-state index is 12.4. The lowest BCUT2D eigenvalue weighted by Crippen LogP contribution is -2.08. The Labute approximate surface area is 178 Å². The number of aryl methyl sites for hydroxylation is 1. The van der Waals surface area contributed by atoms with Gasteiger partial charge in [-0.15, -0.1) is 11.3 Å². The lowest BCUT2D eigenvalue weighted by atomic mass is 10.1. The van der Waals surface area contributed by atoms with Crippen LogP contribution in [0.4, 0.5) is 5.69 Å². The molecule has 5 nitrogen and oxygen atoms in total. The molecule has 0 unspecified atom stereocenters. The highest BCUT2D eigenvalue weighted by atomic mass is 32.1. The molecular weight excluding hydrogens is 398 g/mol. The summed E-state index contributed by atoms with van der Waals surface area (Å²) in [4.78, 5) is 26.9. The standard InChI is InChI=1S/C24H19NO4S/c1-16-5-8-20(30-16)9-10-21(26)18-3-2-4-19(14-18)25-24(27)12-7-17-6-11-22-23(13-17)29-15-28-22/h2-14H,15H2,1H3,(H,25,27)/b10-9+,12-7+. The minimum absolute atomic E-state index is 0.118. The number of rotatable bonds is 6. The van der Waals surface area contributed by atoms with E-state index in [1.54, 1.807) is 59.9 Å². The minimum Gasteiger partial charge on any atom is -0.454 e. The van der Waals surface area contributed by atoms with Gasteiger partial charge in [0.2, 0.25) is 12.7 Å². The number of ketones is 1. The van der Waals surface area contributed by atoms with E-state index in [2.05, 4.69) is 5.32 Å². The fourth-order valence-corrected chi connectivity index (χ4v) is 3.70. The van der Waals surface area contributed by atoms with Crippen molar-refractivity contribution in [3.63, 3.8) is 0 Å². The molecule has 2 heterocycles. The summed E-state index contributed by atoms with van der Waals surface area (Å²) in [5.41, 5.74) is 1.89. The van der Waals surface area contributed by atoms with Crippen LogP contribution in [0.3, 0.4) is 0 Å². The summed E-state index contributed by atoms with van der Waals surface area (Å²) in [6.07, 6.45) is 6.48. The van der Waals surface area contributed by atoms with Crippen LogP contribution in [0.5, 0.6) is 11.5 Å². The maximum Gasteiger partial charge on any atom is 0.248 e. The number of hydrogen-bond donors (Lipinski definition) is 1. The summed E-state index contributed by atoms with van der Waals surface area (Å²) in [5, 5.41) is 2.78. The number of carbonyl (C=O) groups is 2. The summed E-state index contributed by atoms with van der Waals surface area (Å²) in [6.45, 7) is 2.23. The molecule has 2 aromatic carbocycles. The smallest absolute Gasteiger partial charge is 0.248 e. The molecule has 1 aliphatic rings. The van der Waals surface area contributed by atoms with Crippen LogP contribution in [0.25, 0.3) is 12.2 Å². The van der Waals surface area contributed by atoms with Crippen molar-refractivity contribution in [2.45, 2.75) is 6.92 Å². The zero-order valence-electron chi connectivity index (χ0n) is 16.3. The topological polar surface area (TPSA) is 64.6 Å². The van der Waals surface area contributed by atoms with Gasteiger partial charge in [-0.05, 0) is 67.1 Å². The number of carbonyl (C=O) groups excluding carboxylic acids is 2. The second kappa shape index (κ2) is 8.80. The predicted molar refractivity (Wildman–Crippen MR) is 119 cm³/mol. The molecule has 3 aromatic rings. The van der Waals surface area contributed by atoms with Crippen LogP contribution < -0.4 is 14.8 Å². The van der Waals surface area contributed by atoms with Gasteiger partial charge in [0.05, 0.1) is 0 Å². The zero-order valence-corrected chi connectivity index (χ0v) is 17.1. The van der Waals surface area contributed by atoms with Gasteiger partial charge in [-0.2, -0.15) is 0 Å². The molecule has 150 valence electrons. The summed E-state index contributed by atoms with van der Waals surface area (Å²) in [5.74, 6) is 0.950. The molecule has 1 aliphatic heterocycles. The third kappa shape index (κ3) is 4.85. The molecule has 0 saturated heterocycles. The Morgan fingerprint density at radius 2 is 1.83 bits per heavy atom. The summed E-state index contributed by atoms with van der Waals surface area (Å²) in [6, 6.07) is 16.3. The first-order valence-corrected chi connectivity index (χ1v) is 10.2. The van der Waals surface area contributed by atoms with Crippen LogP contribution in [-0.2, 0) is 4.79 Å². The van der Waals surface area contributed by atoms with E-state index in [1.807, 2.05) is 31.2 Å². The molecule has 0 aliphatic carbocycles. The summed E-state index contributed by atoms with van der Waals surface area (Å²) in [7, 11) is 0. The highest BCUT2D eigenvalue weighted by Gasteiger charge is 2.12. The number of benzene rings is 2. The van der Waals surface area contributed by atoms with Crippen LogP contribution in [0.1, 0.15) is 25.7 Å². The van der Waals surface area contributed by atoms with E-state index in [0.717, 1.165) is 10.4 Å². The molecule has 30 heavy (non-hydrogen) atoms.